The molecule has 0 bridgehead atoms. The van der Waals surface area contributed by atoms with Crippen molar-refractivity contribution >= 4 is 23.2 Å². The van der Waals surface area contributed by atoms with Gasteiger partial charge < -0.3 is 24.8 Å². The normalized spacial score (nSPS) is 10.8. The Balaban J connectivity index is 2.18. The van der Waals surface area contributed by atoms with E-state index in [-0.39, 0.29) is 0 Å². The molecule has 7 nitrogen and oxygen atoms in total. The van der Waals surface area contributed by atoms with Gasteiger partial charge >= 0.3 is 0 Å². The van der Waals surface area contributed by atoms with Gasteiger partial charge in [-0.2, -0.15) is 0 Å². The molecular formula is C21H26N2O5. The summed E-state index contributed by atoms with van der Waals surface area (Å²) in [6.07, 6.45) is 0. The lowest BCUT2D eigenvalue weighted by Gasteiger charge is -2.23. The molecule has 0 saturated carbocycles. The number of benzene rings is 2. The van der Waals surface area contributed by atoms with Gasteiger partial charge in [0.05, 0.1) is 27.0 Å². The highest BCUT2D eigenvalue weighted by Crippen LogP contribution is 2.31. The van der Waals surface area contributed by atoms with E-state index in [2.05, 4.69) is 10.6 Å². The number of ether oxygens (including phenoxy) is 3. The summed E-state index contributed by atoms with van der Waals surface area (Å²) in [6.45, 7) is 5.02. The summed E-state index contributed by atoms with van der Waals surface area (Å²) < 4.78 is 15.7. The van der Waals surface area contributed by atoms with Crippen LogP contribution in [0.1, 0.15) is 19.4 Å². The number of amides is 2. The van der Waals surface area contributed by atoms with Gasteiger partial charge in [-0.15, -0.1) is 0 Å². The SMILES string of the molecule is COc1ccc(C)cc1NC(=O)C(C)(C)C(=O)Nc1ccc(OC)c(OC)c1. The Hall–Kier alpha value is -3.22. The molecular weight excluding hydrogens is 360 g/mol. The van der Waals surface area contributed by atoms with E-state index in [1.54, 1.807) is 44.2 Å². The molecule has 0 radical (unpaired) electrons. The predicted octanol–water partition coefficient (Wildman–Crippen LogP) is 3.62. The Labute approximate surface area is 165 Å². The molecule has 0 aromatic heterocycles. The van der Waals surface area contributed by atoms with E-state index < -0.39 is 17.2 Å². The third-order valence-corrected chi connectivity index (χ3v) is 4.38. The van der Waals surface area contributed by atoms with Crippen LogP contribution >= 0.6 is 0 Å². The zero-order valence-electron chi connectivity index (χ0n) is 17.0. The topological polar surface area (TPSA) is 85.9 Å². The maximum atomic E-state index is 12.8. The van der Waals surface area contributed by atoms with Crippen LogP contribution in [0.25, 0.3) is 0 Å². The van der Waals surface area contributed by atoms with Gasteiger partial charge in [-0.3, -0.25) is 9.59 Å². The molecule has 0 spiro atoms. The maximum Gasteiger partial charge on any atom is 0.239 e. The quantitative estimate of drug-likeness (QED) is 0.710. The summed E-state index contributed by atoms with van der Waals surface area (Å²) in [7, 11) is 4.56. The third-order valence-electron chi connectivity index (χ3n) is 4.38. The molecule has 28 heavy (non-hydrogen) atoms. The number of nitrogens with one attached hydrogen (secondary N) is 2. The Kier molecular flexibility index (Phi) is 6.51. The molecule has 2 rings (SSSR count). The van der Waals surface area contributed by atoms with Crippen LogP contribution in [0.4, 0.5) is 11.4 Å². The van der Waals surface area contributed by atoms with Crippen LogP contribution in [0.2, 0.25) is 0 Å². The summed E-state index contributed by atoms with van der Waals surface area (Å²) in [5, 5.41) is 5.53. The highest BCUT2D eigenvalue weighted by atomic mass is 16.5. The van der Waals surface area contributed by atoms with E-state index in [1.165, 1.54) is 21.3 Å². The molecule has 2 N–H and O–H groups in total. The first kappa shape index (κ1) is 21.1. The highest BCUT2D eigenvalue weighted by Gasteiger charge is 2.36. The van der Waals surface area contributed by atoms with Gasteiger partial charge in [-0.25, -0.2) is 0 Å². The molecule has 0 unspecified atom stereocenters. The molecule has 0 atom stereocenters. The molecule has 0 fully saturated rings. The van der Waals surface area contributed by atoms with Crippen LogP contribution in [-0.4, -0.2) is 33.1 Å². The smallest absolute Gasteiger partial charge is 0.239 e. The van der Waals surface area contributed by atoms with Gasteiger partial charge in [0.25, 0.3) is 0 Å². The average molecular weight is 386 g/mol. The van der Waals surface area contributed by atoms with E-state index in [9.17, 15) is 9.59 Å². The second-order valence-corrected chi connectivity index (χ2v) is 6.81. The van der Waals surface area contributed by atoms with Gasteiger partial charge in [0, 0.05) is 11.8 Å². The highest BCUT2D eigenvalue weighted by molar-refractivity contribution is 6.14. The van der Waals surface area contributed by atoms with Crippen molar-refractivity contribution in [3.8, 4) is 17.2 Å². The number of rotatable bonds is 7. The van der Waals surface area contributed by atoms with Crippen molar-refractivity contribution in [1.82, 2.24) is 0 Å². The zero-order valence-corrected chi connectivity index (χ0v) is 17.0. The number of hydrogen-bond acceptors (Lipinski definition) is 5. The van der Waals surface area contributed by atoms with Gasteiger partial charge in [0.1, 0.15) is 11.2 Å². The minimum atomic E-state index is -1.33. The molecule has 2 aromatic carbocycles. The number of carbonyl (C=O) groups is 2. The number of carbonyl (C=O) groups excluding carboxylic acids is 2. The monoisotopic (exact) mass is 386 g/mol. The molecule has 0 saturated heterocycles. The van der Waals surface area contributed by atoms with Crippen molar-refractivity contribution in [2.45, 2.75) is 20.8 Å². The first-order chi connectivity index (χ1) is 13.2. The van der Waals surface area contributed by atoms with Gasteiger partial charge in [-0.05, 0) is 50.6 Å². The van der Waals surface area contributed by atoms with Gasteiger partial charge in [-0.1, -0.05) is 6.07 Å². The molecule has 0 aliphatic carbocycles. The number of hydrogen-bond donors (Lipinski definition) is 2. The van der Waals surface area contributed by atoms with E-state index in [0.29, 0.717) is 28.6 Å². The molecule has 150 valence electrons. The van der Waals surface area contributed by atoms with Crippen LogP contribution in [0, 0.1) is 12.3 Å². The number of methoxy groups -OCH3 is 3. The van der Waals surface area contributed by atoms with Crippen molar-refractivity contribution in [2.75, 3.05) is 32.0 Å². The summed E-state index contributed by atoms with van der Waals surface area (Å²) >= 11 is 0. The van der Waals surface area contributed by atoms with Crippen LogP contribution in [-0.2, 0) is 9.59 Å². The first-order valence-electron chi connectivity index (χ1n) is 8.72. The Bertz CT molecular complexity index is 877. The van der Waals surface area contributed by atoms with E-state index in [0.717, 1.165) is 5.56 Å². The fourth-order valence-electron chi connectivity index (χ4n) is 2.50. The summed E-state index contributed by atoms with van der Waals surface area (Å²) in [4.78, 5) is 25.6. The Morgan fingerprint density at radius 1 is 0.786 bits per heavy atom. The van der Waals surface area contributed by atoms with Gasteiger partial charge in [0.15, 0.2) is 11.5 Å². The molecule has 0 aliphatic heterocycles. The van der Waals surface area contributed by atoms with Crippen LogP contribution in [0.15, 0.2) is 36.4 Å². The minimum absolute atomic E-state index is 0.450. The zero-order chi connectivity index (χ0) is 20.9. The largest absolute Gasteiger partial charge is 0.495 e. The maximum absolute atomic E-state index is 12.8. The lowest BCUT2D eigenvalue weighted by molar-refractivity contribution is -0.135. The molecule has 2 aromatic rings. The lowest BCUT2D eigenvalue weighted by atomic mass is 9.90. The third kappa shape index (κ3) is 4.54. The summed E-state index contributed by atoms with van der Waals surface area (Å²) in [5.74, 6) is 0.643. The van der Waals surface area contributed by atoms with E-state index in [1.807, 2.05) is 13.0 Å². The standard InChI is InChI=1S/C21H26N2O5/c1-13-7-9-16(26-4)15(11-13)23-20(25)21(2,3)19(24)22-14-8-10-17(27-5)18(12-14)28-6/h7-12H,1-6H3,(H,22,24)(H,23,25). The molecule has 2 amide bonds. The molecule has 0 heterocycles. The van der Waals surface area contributed by atoms with Crippen molar-refractivity contribution < 1.29 is 23.8 Å². The summed E-state index contributed by atoms with van der Waals surface area (Å²) in [6, 6.07) is 10.4. The predicted molar refractivity (Wildman–Crippen MR) is 108 cm³/mol. The van der Waals surface area contributed by atoms with Gasteiger partial charge in [0.2, 0.25) is 11.8 Å². The minimum Gasteiger partial charge on any atom is -0.495 e. The van der Waals surface area contributed by atoms with E-state index in [4.69, 9.17) is 14.2 Å². The fraction of sp³-hybridized carbons (Fsp3) is 0.333. The average Bonchev–Trinajstić information content (AvgIpc) is 2.67. The second kappa shape index (κ2) is 8.65. The van der Waals surface area contributed by atoms with Crippen molar-refractivity contribution in [3.63, 3.8) is 0 Å². The molecule has 7 heteroatoms. The van der Waals surface area contributed by atoms with Crippen LogP contribution in [0.3, 0.4) is 0 Å². The lowest BCUT2D eigenvalue weighted by Crippen LogP contribution is -2.41. The Morgan fingerprint density at radius 3 is 1.96 bits per heavy atom. The number of anilines is 2. The first-order valence-corrected chi connectivity index (χ1v) is 8.72. The second-order valence-electron chi connectivity index (χ2n) is 6.81. The van der Waals surface area contributed by atoms with Crippen molar-refractivity contribution in [1.29, 1.82) is 0 Å². The number of aryl methyl sites for hydroxylation is 1. The van der Waals surface area contributed by atoms with Crippen LogP contribution in [0.5, 0.6) is 17.2 Å². The summed E-state index contributed by atoms with van der Waals surface area (Å²) in [5.41, 5.74) is 0.641. The van der Waals surface area contributed by atoms with Crippen LogP contribution < -0.4 is 24.8 Å². The molecule has 0 aliphatic rings. The van der Waals surface area contributed by atoms with Crippen molar-refractivity contribution in [2.24, 2.45) is 5.41 Å². The fourth-order valence-corrected chi connectivity index (χ4v) is 2.50. The van der Waals surface area contributed by atoms with Crippen molar-refractivity contribution in [3.05, 3.63) is 42.0 Å². The van der Waals surface area contributed by atoms with E-state index >= 15 is 0 Å². The Morgan fingerprint density at radius 2 is 1.36 bits per heavy atom.